The molecule has 381 valence electrons. The molecule has 0 unspecified atom stereocenters. The first-order valence-corrected chi connectivity index (χ1v) is 29.6. The fourth-order valence-electron chi connectivity index (χ4n) is 13.8. The van der Waals surface area contributed by atoms with Crippen LogP contribution in [-0.2, 0) is 17.4 Å². The normalized spacial score (nSPS) is 18.1. The largest absolute Gasteiger partial charge is 3.00 e. The van der Waals surface area contributed by atoms with Crippen molar-refractivity contribution in [2.45, 2.75) is 337 Å². The van der Waals surface area contributed by atoms with Crippen LogP contribution in [0.4, 0.5) is 0 Å². The molecule has 3 fully saturated rings. The second kappa shape index (κ2) is 32.4. The third-order valence-electron chi connectivity index (χ3n) is 21.4. The van der Waals surface area contributed by atoms with Gasteiger partial charge >= 0.3 is 17.4 Å². The fourth-order valence-corrected chi connectivity index (χ4v) is 13.8. The van der Waals surface area contributed by atoms with Gasteiger partial charge in [-0.15, -0.1) is 0 Å². The van der Waals surface area contributed by atoms with E-state index in [1.165, 1.54) is 212 Å². The monoisotopic (exact) mass is 932 g/mol. The van der Waals surface area contributed by atoms with Crippen molar-refractivity contribution in [2.24, 2.45) is 50.2 Å². The van der Waals surface area contributed by atoms with Crippen LogP contribution in [0.3, 0.4) is 0 Å². The van der Waals surface area contributed by atoms with E-state index in [2.05, 4.69) is 125 Å². The van der Waals surface area contributed by atoms with Crippen LogP contribution in [0.15, 0.2) is 0 Å². The molecule has 1 heteroatoms. The summed E-state index contributed by atoms with van der Waals surface area (Å²) in [5, 5.41) is 0. The van der Waals surface area contributed by atoms with E-state index in [4.69, 9.17) is 0 Å². The number of hydrogen-bond donors (Lipinski definition) is 0. The molecule has 0 heterocycles. The van der Waals surface area contributed by atoms with Crippen LogP contribution in [0, 0.1) is 68.0 Å². The molecular weight excluding hydrogens is 809 g/mol. The Balaban J connectivity index is 0.000000923. The second-order valence-corrected chi connectivity index (χ2v) is 23.7. The van der Waals surface area contributed by atoms with Crippen LogP contribution in [-0.4, -0.2) is 0 Å². The maximum atomic E-state index is 2.53. The van der Waals surface area contributed by atoms with E-state index in [0.29, 0.717) is 32.5 Å². The zero-order valence-corrected chi connectivity index (χ0v) is 49.2. The van der Waals surface area contributed by atoms with Crippen molar-refractivity contribution in [3.8, 4) is 0 Å². The average molecular weight is 933 g/mol. The van der Waals surface area contributed by atoms with Gasteiger partial charge in [-0.05, 0) is 0 Å². The summed E-state index contributed by atoms with van der Waals surface area (Å²) in [5.41, 5.74) is 3.14. The quantitative estimate of drug-likeness (QED) is 0.0720. The molecule has 64 heavy (non-hydrogen) atoms. The summed E-state index contributed by atoms with van der Waals surface area (Å²) in [5.74, 6) is 8.70. The minimum atomic E-state index is 0. The summed E-state index contributed by atoms with van der Waals surface area (Å²) in [6, 6.07) is 0. The van der Waals surface area contributed by atoms with Gasteiger partial charge < -0.3 is 17.8 Å². The number of hydrogen-bond acceptors (Lipinski definition) is 0. The van der Waals surface area contributed by atoms with E-state index >= 15 is 0 Å². The van der Waals surface area contributed by atoms with E-state index in [1.807, 2.05) is 17.8 Å². The van der Waals surface area contributed by atoms with Crippen LogP contribution in [0.2, 0.25) is 0 Å². The van der Waals surface area contributed by atoms with Crippen LogP contribution in [0.25, 0.3) is 0 Å². The molecule has 0 saturated heterocycles. The Morgan fingerprint density at radius 3 is 0.547 bits per heavy atom. The molecule has 0 spiro atoms. The molecule has 3 rings (SSSR count). The SMILES string of the molecule is CCC(C)(CC)C[C-](C1CCCCC1)C(CC)(CC)CC.CCC(C)(CC)C[C-](C1CCCCC1)C(CC)(CC)CC.CCC(C)(CC)C[C-](C1CCCCC1)C(CC)(CC)CC.[Cr+3]. The Bertz CT molecular complexity index is 912. The van der Waals surface area contributed by atoms with Crippen molar-refractivity contribution in [3.05, 3.63) is 17.8 Å². The topological polar surface area (TPSA) is 0 Å². The zero-order chi connectivity index (χ0) is 47.8. The van der Waals surface area contributed by atoms with Gasteiger partial charge in [-0.2, -0.15) is 53.3 Å². The van der Waals surface area contributed by atoms with Gasteiger partial charge in [-0.1, -0.05) is 333 Å². The summed E-state index contributed by atoms with van der Waals surface area (Å²) >= 11 is 0. The predicted molar refractivity (Wildman–Crippen MR) is 289 cm³/mol. The summed E-state index contributed by atoms with van der Waals surface area (Å²) in [7, 11) is 0. The molecule has 0 aromatic carbocycles. The smallest absolute Gasteiger partial charge is 0.304 e. The summed E-state index contributed by atoms with van der Waals surface area (Å²) < 4.78 is 0. The van der Waals surface area contributed by atoms with Crippen molar-refractivity contribution in [2.75, 3.05) is 0 Å². The van der Waals surface area contributed by atoms with E-state index in [-0.39, 0.29) is 17.4 Å². The molecule has 1 radical (unpaired) electrons. The summed E-state index contributed by atoms with van der Waals surface area (Å²) in [4.78, 5) is 0. The molecule has 3 aliphatic rings. The van der Waals surface area contributed by atoms with E-state index < -0.39 is 0 Å². The molecule has 0 bridgehead atoms. The minimum absolute atomic E-state index is 0. The first-order valence-electron chi connectivity index (χ1n) is 29.6. The zero-order valence-electron chi connectivity index (χ0n) is 48.0. The van der Waals surface area contributed by atoms with Crippen LogP contribution < -0.4 is 0 Å². The van der Waals surface area contributed by atoms with Gasteiger partial charge in [0.1, 0.15) is 0 Å². The van der Waals surface area contributed by atoms with E-state index in [9.17, 15) is 0 Å². The Labute approximate surface area is 419 Å². The molecule has 0 aromatic rings. The molecule has 3 aliphatic carbocycles. The maximum Gasteiger partial charge on any atom is 3.00 e. The Hall–Kier alpha value is 0.532. The van der Waals surface area contributed by atoms with Crippen molar-refractivity contribution < 1.29 is 17.4 Å². The van der Waals surface area contributed by atoms with Crippen LogP contribution in [0.5, 0.6) is 0 Å². The Morgan fingerprint density at radius 1 is 0.266 bits per heavy atom. The average Bonchev–Trinajstić information content (AvgIpc) is 3.35. The molecule has 3 saturated carbocycles. The van der Waals surface area contributed by atoms with Crippen molar-refractivity contribution >= 4 is 0 Å². The van der Waals surface area contributed by atoms with Gasteiger partial charge in [0.2, 0.25) is 0 Å². The summed E-state index contributed by atoms with van der Waals surface area (Å²) in [6.45, 7) is 43.9. The van der Waals surface area contributed by atoms with Crippen molar-refractivity contribution in [1.29, 1.82) is 0 Å². The third-order valence-corrected chi connectivity index (χ3v) is 21.4. The summed E-state index contributed by atoms with van der Waals surface area (Å²) in [6.07, 6.45) is 46.3. The van der Waals surface area contributed by atoms with Gasteiger partial charge in [0, 0.05) is 0 Å². The maximum absolute atomic E-state index is 2.53. The van der Waals surface area contributed by atoms with E-state index in [0.717, 1.165) is 17.8 Å². The molecule has 0 nitrogen and oxygen atoms in total. The Morgan fingerprint density at radius 2 is 0.422 bits per heavy atom. The third kappa shape index (κ3) is 18.0. The molecule has 0 atom stereocenters. The van der Waals surface area contributed by atoms with Crippen molar-refractivity contribution in [1.82, 2.24) is 0 Å². The predicted octanol–water partition coefficient (Wildman–Crippen LogP) is 22.7. The molecular formula is C63H123Cr. The van der Waals surface area contributed by atoms with E-state index in [1.54, 1.807) is 0 Å². The first kappa shape index (κ1) is 64.5. The van der Waals surface area contributed by atoms with Gasteiger partial charge in [0.15, 0.2) is 0 Å². The molecule has 0 aliphatic heterocycles. The van der Waals surface area contributed by atoms with Gasteiger partial charge in [-0.3, -0.25) is 0 Å². The standard InChI is InChI=1S/3C21H41.Cr/c3*1-7-20(6,8-2)17-19(18-15-13-12-14-16-18)21(9-3,10-4)11-5;/h3*18H,7-17H2,1-6H3;/q3*-1;+3. The van der Waals surface area contributed by atoms with Gasteiger partial charge in [-0.25, -0.2) is 0 Å². The number of rotatable bonds is 27. The van der Waals surface area contributed by atoms with Gasteiger partial charge in [0.25, 0.3) is 0 Å². The molecule has 0 aromatic heterocycles. The molecule has 0 N–H and O–H groups in total. The Kier molecular flexibility index (Phi) is 32.7. The van der Waals surface area contributed by atoms with Crippen molar-refractivity contribution in [3.63, 3.8) is 0 Å². The second-order valence-electron chi connectivity index (χ2n) is 23.7. The van der Waals surface area contributed by atoms with Crippen LogP contribution >= 0.6 is 0 Å². The molecule has 0 amide bonds. The first-order chi connectivity index (χ1) is 30.0. The fraction of sp³-hybridized carbons (Fsp3) is 0.952. The van der Waals surface area contributed by atoms with Gasteiger partial charge in [0.05, 0.1) is 0 Å². The van der Waals surface area contributed by atoms with Crippen LogP contribution in [0.1, 0.15) is 337 Å². The minimum Gasteiger partial charge on any atom is -0.304 e.